The lowest BCUT2D eigenvalue weighted by Crippen LogP contribution is -2.26. The van der Waals surface area contributed by atoms with Crippen LogP contribution in [0, 0.1) is 18.8 Å². The minimum absolute atomic E-state index is 0.0178. The van der Waals surface area contributed by atoms with Crippen LogP contribution in [0.4, 0.5) is 5.95 Å². The molecule has 1 aromatic rings. The first-order valence-corrected chi connectivity index (χ1v) is 6.55. The maximum Gasteiger partial charge on any atom is 0.225 e. The molecule has 18 heavy (non-hydrogen) atoms. The molecule has 0 spiro atoms. The van der Waals surface area contributed by atoms with Crippen LogP contribution in [-0.2, 0) is 6.61 Å². The molecule has 3 rings (SSSR count). The van der Waals surface area contributed by atoms with Crippen molar-refractivity contribution in [3.05, 3.63) is 17.5 Å². The Hall–Kier alpha value is -1.20. The minimum Gasteiger partial charge on any atom is -0.393 e. The Morgan fingerprint density at radius 2 is 2.22 bits per heavy atom. The fraction of sp³-hybridized carbons (Fsp3) is 0.692. The van der Waals surface area contributed by atoms with Gasteiger partial charge in [-0.25, -0.2) is 9.97 Å². The standard InChI is InChI=1S/C13H19N3O2/c1-8-10(7-17)4-14-13(15-8)16-5-9-2-3-12(18)11(9)6-16/h4,9,11-12,17-18H,2-3,5-7H2,1H3. The summed E-state index contributed by atoms with van der Waals surface area (Å²) in [6.07, 6.45) is 3.59. The van der Waals surface area contributed by atoms with E-state index in [1.54, 1.807) is 6.20 Å². The maximum atomic E-state index is 9.90. The van der Waals surface area contributed by atoms with Gasteiger partial charge < -0.3 is 15.1 Å². The second-order valence-corrected chi connectivity index (χ2v) is 5.41. The third-order valence-electron chi connectivity index (χ3n) is 4.34. The first-order valence-electron chi connectivity index (χ1n) is 6.55. The van der Waals surface area contributed by atoms with Crippen LogP contribution in [0.1, 0.15) is 24.1 Å². The molecule has 0 radical (unpaired) electrons. The van der Waals surface area contributed by atoms with Gasteiger partial charge in [-0.05, 0) is 25.7 Å². The quantitative estimate of drug-likeness (QED) is 0.798. The number of nitrogens with zero attached hydrogens (tertiary/aromatic N) is 3. The van der Waals surface area contributed by atoms with Crippen LogP contribution in [0.25, 0.3) is 0 Å². The summed E-state index contributed by atoms with van der Waals surface area (Å²) in [6.45, 7) is 3.67. The summed E-state index contributed by atoms with van der Waals surface area (Å²) in [4.78, 5) is 10.9. The molecule has 0 bridgehead atoms. The average Bonchev–Trinajstić information content (AvgIpc) is 2.92. The number of hydrogen-bond acceptors (Lipinski definition) is 5. The molecule has 1 aliphatic carbocycles. The van der Waals surface area contributed by atoms with Crippen molar-refractivity contribution >= 4 is 5.95 Å². The zero-order valence-electron chi connectivity index (χ0n) is 10.6. The fourth-order valence-corrected chi connectivity index (χ4v) is 3.19. The van der Waals surface area contributed by atoms with Crippen LogP contribution in [0.15, 0.2) is 6.20 Å². The monoisotopic (exact) mass is 249 g/mol. The van der Waals surface area contributed by atoms with Crippen molar-refractivity contribution < 1.29 is 10.2 Å². The van der Waals surface area contributed by atoms with Crippen molar-refractivity contribution in [2.45, 2.75) is 32.5 Å². The van der Waals surface area contributed by atoms with Crippen LogP contribution >= 0.6 is 0 Å². The summed E-state index contributed by atoms with van der Waals surface area (Å²) in [6, 6.07) is 0. The van der Waals surface area contributed by atoms with E-state index in [0.717, 1.165) is 43.1 Å². The van der Waals surface area contributed by atoms with Gasteiger partial charge in [0.2, 0.25) is 5.95 Å². The predicted molar refractivity (Wildman–Crippen MR) is 67.1 cm³/mol. The number of fused-ring (bicyclic) bond motifs is 1. The van der Waals surface area contributed by atoms with Gasteiger partial charge in [0.1, 0.15) is 0 Å². The summed E-state index contributed by atoms with van der Waals surface area (Å²) in [5, 5.41) is 19.0. The van der Waals surface area contributed by atoms with E-state index < -0.39 is 0 Å². The zero-order valence-corrected chi connectivity index (χ0v) is 10.6. The topological polar surface area (TPSA) is 69.5 Å². The predicted octanol–water partition coefficient (Wildman–Crippen LogP) is 0.484. The largest absolute Gasteiger partial charge is 0.393 e. The summed E-state index contributed by atoms with van der Waals surface area (Å²) in [7, 11) is 0. The molecule has 2 fully saturated rings. The molecular formula is C13H19N3O2. The molecule has 3 unspecified atom stereocenters. The molecule has 2 aliphatic rings. The molecule has 3 atom stereocenters. The van der Waals surface area contributed by atoms with Crippen molar-refractivity contribution in [3.63, 3.8) is 0 Å². The van der Waals surface area contributed by atoms with E-state index in [2.05, 4.69) is 14.9 Å². The van der Waals surface area contributed by atoms with Gasteiger partial charge in [0.15, 0.2) is 0 Å². The molecule has 2 N–H and O–H groups in total. The maximum absolute atomic E-state index is 9.90. The number of aliphatic hydroxyl groups is 2. The zero-order chi connectivity index (χ0) is 12.7. The van der Waals surface area contributed by atoms with E-state index in [0.29, 0.717) is 11.8 Å². The fourth-order valence-electron chi connectivity index (χ4n) is 3.19. The Morgan fingerprint density at radius 1 is 1.39 bits per heavy atom. The van der Waals surface area contributed by atoms with Gasteiger partial charge in [0.25, 0.3) is 0 Å². The van der Waals surface area contributed by atoms with Crippen molar-refractivity contribution in [3.8, 4) is 0 Å². The lowest BCUT2D eigenvalue weighted by molar-refractivity contribution is 0.133. The Morgan fingerprint density at radius 3 is 2.89 bits per heavy atom. The van der Waals surface area contributed by atoms with E-state index in [4.69, 9.17) is 5.11 Å². The van der Waals surface area contributed by atoms with Gasteiger partial charge in [-0.15, -0.1) is 0 Å². The van der Waals surface area contributed by atoms with E-state index in [9.17, 15) is 5.11 Å². The highest BCUT2D eigenvalue weighted by Crippen LogP contribution is 2.39. The minimum atomic E-state index is -0.155. The molecule has 2 heterocycles. The van der Waals surface area contributed by atoms with Crippen LogP contribution in [0.2, 0.25) is 0 Å². The number of hydrogen-bond donors (Lipinski definition) is 2. The Kier molecular flexibility index (Phi) is 2.95. The number of rotatable bonds is 2. The number of aliphatic hydroxyl groups excluding tert-OH is 2. The van der Waals surface area contributed by atoms with Gasteiger partial charge >= 0.3 is 0 Å². The summed E-state index contributed by atoms with van der Waals surface area (Å²) in [5.74, 6) is 1.69. The summed E-state index contributed by atoms with van der Waals surface area (Å²) >= 11 is 0. The van der Waals surface area contributed by atoms with Crippen molar-refractivity contribution in [1.82, 2.24) is 9.97 Å². The van der Waals surface area contributed by atoms with Crippen LogP contribution in [0.3, 0.4) is 0 Å². The SMILES string of the molecule is Cc1nc(N2CC3CCC(O)C3C2)ncc1CO. The summed E-state index contributed by atoms with van der Waals surface area (Å²) in [5.41, 5.74) is 1.61. The second kappa shape index (κ2) is 4.48. The second-order valence-electron chi connectivity index (χ2n) is 5.41. The average molecular weight is 249 g/mol. The Bertz CT molecular complexity index is 452. The molecular weight excluding hydrogens is 230 g/mol. The molecule has 1 aliphatic heterocycles. The molecule has 1 aromatic heterocycles. The van der Waals surface area contributed by atoms with Crippen molar-refractivity contribution in [2.24, 2.45) is 11.8 Å². The Balaban J connectivity index is 1.79. The van der Waals surface area contributed by atoms with Gasteiger partial charge in [-0.1, -0.05) is 0 Å². The highest BCUT2D eigenvalue weighted by molar-refractivity contribution is 5.35. The number of aryl methyl sites for hydroxylation is 1. The number of aromatic nitrogens is 2. The third kappa shape index (κ3) is 1.87. The van der Waals surface area contributed by atoms with Crippen molar-refractivity contribution in [2.75, 3.05) is 18.0 Å². The van der Waals surface area contributed by atoms with Gasteiger partial charge in [0.05, 0.1) is 12.7 Å². The Labute approximate surface area is 106 Å². The summed E-state index contributed by atoms with van der Waals surface area (Å²) < 4.78 is 0. The van der Waals surface area contributed by atoms with E-state index in [1.165, 1.54) is 0 Å². The highest BCUT2D eigenvalue weighted by Gasteiger charge is 2.42. The van der Waals surface area contributed by atoms with Crippen LogP contribution < -0.4 is 4.90 Å². The van der Waals surface area contributed by atoms with Crippen LogP contribution in [0.5, 0.6) is 0 Å². The molecule has 1 saturated carbocycles. The lowest BCUT2D eigenvalue weighted by Gasteiger charge is -2.19. The first kappa shape index (κ1) is 11.9. The molecule has 0 aromatic carbocycles. The van der Waals surface area contributed by atoms with Gasteiger partial charge in [-0.3, -0.25) is 0 Å². The van der Waals surface area contributed by atoms with E-state index >= 15 is 0 Å². The molecule has 0 amide bonds. The molecule has 1 saturated heterocycles. The van der Waals surface area contributed by atoms with E-state index in [-0.39, 0.29) is 12.7 Å². The molecule has 5 nitrogen and oxygen atoms in total. The highest BCUT2D eigenvalue weighted by atomic mass is 16.3. The first-order chi connectivity index (χ1) is 8.69. The number of anilines is 1. The normalized spacial score (nSPS) is 30.8. The molecule has 98 valence electrons. The van der Waals surface area contributed by atoms with E-state index in [1.807, 2.05) is 6.92 Å². The van der Waals surface area contributed by atoms with Gasteiger partial charge in [0, 0.05) is 36.5 Å². The van der Waals surface area contributed by atoms with Crippen LogP contribution in [-0.4, -0.2) is 39.4 Å². The van der Waals surface area contributed by atoms with Gasteiger partial charge in [-0.2, -0.15) is 0 Å². The smallest absolute Gasteiger partial charge is 0.225 e. The molecule has 5 heteroatoms. The third-order valence-corrected chi connectivity index (χ3v) is 4.34. The lowest BCUT2D eigenvalue weighted by atomic mass is 10.00. The van der Waals surface area contributed by atoms with Crippen molar-refractivity contribution in [1.29, 1.82) is 0 Å².